The predicted octanol–water partition coefficient (Wildman–Crippen LogP) is 3.46. The van der Waals surface area contributed by atoms with Crippen LogP contribution in [0.2, 0.25) is 10.0 Å². The number of benzene rings is 1. The first-order valence-electron chi connectivity index (χ1n) is 3.91. The number of aliphatic hydroxyl groups excluding tert-OH is 1. The normalized spacial score (nSPS) is 13.3. The molecule has 1 atom stereocenters. The zero-order valence-corrected chi connectivity index (χ0v) is 9.03. The molecule has 0 aliphatic carbocycles. The van der Waals surface area contributed by atoms with Crippen LogP contribution in [0.3, 0.4) is 0 Å². The highest BCUT2D eigenvalue weighted by molar-refractivity contribution is 6.36. The third kappa shape index (κ3) is 2.59. The van der Waals surface area contributed by atoms with Crippen LogP contribution in [-0.4, -0.2) is 11.3 Å². The van der Waals surface area contributed by atoms with Gasteiger partial charge in [-0.15, -0.1) is 0 Å². The molecule has 0 amide bonds. The van der Waals surface area contributed by atoms with Crippen molar-refractivity contribution in [3.63, 3.8) is 0 Å². The van der Waals surface area contributed by atoms with E-state index in [0.717, 1.165) is 12.1 Å². The Morgan fingerprint density at radius 1 is 1.25 bits per heavy atom. The molecule has 0 fully saturated rings. The van der Waals surface area contributed by atoms with E-state index in [-0.39, 0.29) is 15.6 Å². The summed E-state index contributed by atoms with van der Waals surface area (Å²) in [6.07, 6.45) is -7.48. The maximum absolute atomic E-state index is 12.2. The van der Waals surface area contributed by atoms with Crippen LogP contribution in [0.15, 0.2) is 12.1 Å². The van der Waals surface area contributed by atoms with Crippen LogP contribution in [0.25, 0.3) is 0 Å². The lowest BCUT2D eigenvalue weighted by Gasteiger charge is -2.15. The third-order valence-corrected chi connectivity index (χ3v) is 2.40. The van der Waals surface area contributed by atoms with Gasteiger partial charge in [-0.1, -0.05) is 23.2 Å². The van der Waals surface area contributed by atoms with Gasteiger partial charge in [0.25, 0.3) is 0 Å². The van der Waals surface area contributed by atoms with E-state index in [1.807, 2.05) is 0 Å². The SMILES string of the molecule is N#Cc1c(Cl)cc(C(O)C(F)(F)F)cc1Cl. The van der Waals surface area contributed by atoms with Crippen LogP contribution in [0.1, 0.15) is 17.2 Å². The highest BCUT2D eigenvalue weighted by Gasteiger charge is 2.39. The van der Waals surface area contributed by atoms with Gasteiger partial charge >= 0.3 is 6.18 Å². The average Bonchev–Trinajstić information content (AvgIpc) is 2.14. The number of hydrogen-bond donors (Lipinski definition) is 1. The van der Waals surface area contributed by atoms with E-state index in [9.17, 15) is 13.2 Å². The number of nitrogens with zero attached hydrogens (tertiary/aromatic N) is 1. The zero-order valence-electron chi connectivity index (χ0n) is 7.52. The number of alkyl halides is 3. The molecule has 1 N–H and O–H groups in total. The van der Waals surface area contributed by atoms with Crippen molar-refractivity contribution in [3.8, 4) is 6.07 Å². The van der Waals surface area contributed by atoms with E-state index in [4.69, 9.17) is 33.6 Å². The standard InChI is InChI=1S/C9H4Cl2F3NO/c10-6-1-4(8(16)9(12,13)14)2-7(11)5(6)3-15/h1-2,8,16H. The molecular formula is C9H4Cl2F3NO. The Morgan fingerprint density at radius 2 is 1.69 bits per heavy atom. The largest absolute Gasteiger partial charge is 0.418 e. The molecule has 1 rings (SSSR count). The van der Waals surface area contributed by atoms with Crippen LogP contribution in [0, 0.1) is 11.3 Å². The van der Waals surface area contributed by atoms with Gasteiger partial charge < -0.3 is 5.11 Å². The topological polar surface area (TPSA) is 44.0 Å². The Hall–Kier alpha value is -0.960. The average molecular weight is 270 g/mol. The van der Waals surface area contributed by atoms with Crippen LogP contribution in [0.5, 0.6) is 0 Å². The molecule has 0 bridgehead atoms. The third-order valence-electron chi connectivity index (χ3n) is 1.80. The molecule has 1 aromatic carbocycles. The fourth-order valence-electron chi connectivity index (χ4n) is 1.05. The van der Waals surface area contributed by atoms with Crippen molar-refractivity contribution in [2.24, 2.45) is 0 Å². The van der Waals surface area contributed by atoms with Gasteiger partial charge in [0, 0.05) is 0 Å². The summed E-state index contributed by atoms with van der Waals surface area (Å²) in [5.74, 6) is 0. The van der Waals surface area contributed by atoms with Gasteiger partial charge in [0.1, 0.15) is 6.07 Å². The second kappa shape index (κ2) is 4.50. The lowest BCUT2D eigenvalue weighted by molar-refractivity contribution is -0.206. The van der Waals surface area contributed by atoms with Crippen molar-refractivity contribution in [3.05, 3.63) is 33.3 Å². The minimum absolute atomic E-state index is 0.124. The van der Waals surface area contributed by atoms with Crippen molar-refractivity contribution >= 4 is 23.2 Å². The lowest BCUT2D eigenvalue weighted by atomic mass is 10.1. The molecule has 7 heteroatoms. The number of nitriles is 1. The Bertz CT molecular complexity index is 430. The van der Waals surface area contributed by atoms with Crippen molar-refractivity contribution in [2.75, 3.05) is 0 Å². The van der Waals surface area contributed by atoms with Gasteiger partial charge in [0.2, 0.25) is 0 Å². The molecule has 16 heavy (non-hydrogen) atoms. The maximum atomic E-state index is 12.2. The molecule has 0 aromatic heterocycles. The van der Waals surface area contributed by atoms with Crippen molar-refractivity contribution < 1.29 is 18.3 Å². The van der Waals surface area contributed by atoms with Gasteiger partial charge in [-0.2, -0.15) is 18.4 Å². The molecule has 0 saturated heterocycles. The summed E-state index contributed by atoms with van der Waals surface area (Å²) < 4.78 is 36.5. The number of halogens is 5. The Morgan fingerprint density at radius 3 is 2.00 bits per heavy atom. The molecular weight excluding hydrogens is 266 g/mol. The number of rotatable bonds is 1. The van der Waals surface area contributed by atoms with E-state index in [0.29, 0.717) is 0 Å². The van der Waals surface area contributed by atoms with Crippen LogP contribution >= 0.6 is 23.2 Å². The first-order valence-corrected chi connectivity index (χ1v) is 4.66. The van der Waals surface area contributed by atoms with Crippen LogP contribution in [-0.2, 0) is 0 Å². The lowest BCUT2D eigenvalue weighted by Crippen LogP contribution is -2.20. The molecule has 0 aliphatic heterocycles. The molecule has 0 heterocycles. The van der Waals surface area contributed by atoms with Crippen LogP contribution < -0.4 is 0 Å². The Kier molecular flexibility index (Phi) is 3.68. The minimum Gasteiger partial charge on any atom is -0.379 e. The van der Waals surface area contributed by atoms with Gasteiger partial charge in [-0.25, -0.2) is 0 Å². The molecule has 0 spiro atoms. The minimum atomic E-state index is -4.80. The smallest absolute Gasteiger partial charge is 0.379 e. The molecule has 86 valence electrons. The molecule has 1 aromatic rings. The Labute approximate surface area is 98.8 Å². The predicted molar refractivity (Wildman–Crippen MR) is 52.2 cm³/mol. The zero-order chi connectivity index (χ0) is 12.5. The maximum Gasteiger partial charge on any atom is 0.418 e. The second-order valence-electron chi connectivity index (χ2n) is 2.92. The quantitative estimate of drug-likeness (QED) is 0.849. The fraction of sp³-hybridized carbons (Fsp3) is 0.222. The summed E-state index contributed by atoms with van der Waals surface area (Å²) in [5, 5.41) is 17.1. The van der Waals surface area contributed by atoms with E-state index in [1.165, 1.54) is 0 Å². The van der Waals surface area contributed by atoms with E-state index < -0.39 is 17.8 Å². The first-order chi connectivity index (χ1) is 7.27. The van der Waals surface area contributed by atoms with Crippen molar-refractivity contribution in [1.82, 2.24) is 0 Å². The highest BCUT2D eigenvalue weighted by atomic mass is 35.5. The fourth-order valence-corrected chi connectivity index (χ4v) is 1.63. The van der Waals surface area contributed by atoms with Gasteiger partial charge in [0.15, 0.2) is 6.10 Å². The van der Waals surface area contributed by atoms with Crippen LogP contribution in [0.4, 0.5) is 13.2 Å². The van der Waals surface area contributed by atoms with Gasteiger partial charge in [-0.3, -0.25) is 0 Å². The highest BCUT2D eigenvalue weighted by Crippen LogP contribution is 2.36. The van der Waals surface area contributed by atoms with E-state index in [2.05, 4.69) is 0 Å². The molecule has 2 nitrogen and oxygen atoms in total. The van der Waals surface area contributed by atoms with Gasteiger partial charge in [0.05, 0.1) is 15.6 Å². The summed E-state index contributed by atoms with van der Waals surface area (Å²) in [7, 11) is 0. The Balaban J connectivity index is 3.25. The molecule has 0 saturated carbocycles. The van der Waals surface area contributed by atoms with Crippen molar-refractivity contribution in [2.45, 2.75) is 12.3 Å². The van der Waals surface area contributed by atoms with Gasteiger partial charge in [-0.05, 0) is 17.7 Å². The summed E-state index contributed by atoms with van der Waals surface area (Å²) in [6, 6.07) is 3.37. The number of aliphatic hydroxyl groups is 1. The molecule has 0 aliphatic rings. The second-order valence-corrected chi connectivity index (χ2v) is 3.73. The summed E-state index contributed by atoms with van der Waals surface area (Å²) in [6.45, 7) is 0. The van der Waals surface area contributed by atoms with Crippen molar-refractivity contribution in [1.29, 1.82) is 5.26 Å². The summed E-state index contributed by atoms with van der Waals surface area (Å²) in [4.78, 5) is 0. The van der Waals surface area contributed by atoms with E-state index >= 15 is 0 Å². The molecule has 0 radical (unpaired) electrons. The number of hydrogen-bond acceptors (Lipinski definition) is 2. The van der Waals surface area contributed by atoms with E-state index in [1.54, 1.807) is 6.07 Å². The monoisotopic (exact) mass is 269 g/mol. The summed E-state index contributed by atoms with van der Waals surface area (Å²) >= 11 is 11.1. The first kappa shape index (κ1) is 13.1. The summed E-state index contributed by atoms with van der Waals surface area (Å²) in [5.41, 5.74) is -0.622. The molecule has 1 unspecified atom stereocenters.